The molecule has 1 aliphatic heterocycles. The number of halogens is 1. The number of fused-ring (bicyclic) bond motifs is 2. The third-order valence-corrected chi connectivity index (χ3v) is 7.39. The first-order valence-electron chi connectivity index (χ1n) is 13.2. The van der Waals surface area contributed by atoms with E-state index in [1.54, 1.807) is 55.6 Å². The van der Waals surface area contributed by atoms with Gasteiger partial charge in [-0.1, -0.05) is 40.7 Å². The number of aliphatic hydroxyl groups is 1. The van der Waals surface area contributed by atoms with Gasteiger partial charge in [0.25, 0.3) is 5.91 Å². The third-order valence-electron chi connectivity index (χ3n) is 7.11. The van der Waals surface area contributed by atoms with Crippen LogP contribution >= 0.6 is 11.6 Å². The summed E-state index contributed by atoms with van der Waals surface area (Å²) in [6.45, 7) is 1.43. The number of amides is 2. The van der Waals surface area contributed by atoms with Gasteiger partial charge < -0.3 is 24.9 Å². The first kappa shape index (κ1) is 28.0. The molecule has 2 aromatic carbocycles. The Morgan fingerprint density at radius 2 is 1.98 bits per heavy atom. The summed E-state index contributed by atoms with van der Waals surface area (Å²) in [6.07, 6.45) is 2.93. The van der Waals surface area contributed by atoms with Crippen molar-refractivity contribution in [1.29, 1.82) is 0 Å². The predicted molar refractivity (Wildman–Crippen MR) is 154 cm³/mol. The molecule has 0 aliphatic carbocycles. The Balaban J connectivity index is 1.20. The second-order valence-electron chi connectivity index (χ2n) is 9.74. The molecular weight excluding hydrogens is 576 g/mol. The summed E-state index contributed by atoms with van der Waals surface area (Å²) in [6, 6.07) is 14.4. The van der Waals surface area contributed by atoms with Gasteiger partial charge in [0.2, 0.25) is 5.91 Å². The van der Waals surface area contributed by atoms with Crippen molar-refractivity contribution in [2.45, 2.75) is 25.6 Å². The van der Waals surface area contributed by atoms with Gasteiger partial charge in [-0.15, -0.1) is 5.10 Å². The molecule has 5 aromatic rings. The number of ether oxygens (including phenoxy) is 1. The van der Waals surface area contributed by atoms with Gasteiger partial charge >= 0.3 is 6.01 Å². The predicted octanol–water partition coefficient (Wildman–Crippen LogP) is 2.98. The average Bonchev–Trinajstić information content (AvgIpc) is 3.60. The molecule has 4 heterocycles. The minimum Gasteiger partial charge on any atom is -0.497 e. The van der Waals surface area contributed by atoms with Crippen LogP contribution in [0.15, 0.2) is 67.0 Å². The van der Waals surface area contributed by atoms with Gasteiger partial charge in [0.05, 0.1) is 54.5 Å². The van der Waals surface area contributed by atoms with Crippen LogP contribution in [-0.2, 0) is 11.3 Å². The number of para-hydroxylation sites is 1. The number of carbonyl (C=O) groups is 2. The number of carbonyl (C=O) groups excluding carboxylic acids is 2. The highest BCUT2D eigenvalue weighted by atomic mass is 35.5. The van der Waals surface area contributed by atoms with E-state index in [1.165, 1.54) is 23.1 Å². The Labute approximate surface area is 250 Å². The highest BCUT2D eigenvalue weighted by molar-refractivity contribution is 6.32. The normalized spacial score (nSPS) is 14.0. The fraction of sp³-hybridized carbons (Fsp3) is 0.207. The summed E-state index contributed by atoms with van der Waals surface area (Å²) in [4.78, 5) is 48.0. The van der Waals surface area contributed by atoms with E-state index < -0.39 is 18.0 Å². The fourth-order valence-electron chi connectivity index (χ4n) is 4.75. The molecule has 2 N–H and O–H groups in total. The minimum atomic E-state index is -0.843. The lowest BCUT2D eigenvalue weighted by Crippen LogP contribution is -2.46. The highest BCUT2D eigenvalue weighted by Crippen LogP contribution is 2.31. The number of methoxy groups -OCH3 is 1. The summed E-state index contributed by atoms with van der Waals surface area (Å²) in [5, 5.41) is 21.0. The number of nitrogens with zero attached hydrogens (tertiary/aromatic N) is 7. The molecule has 0 saturated carbocycles. The number of rotatable bonds is 9. The molecule has 2 atom stereocenters. The van der Waals surface area contributed by atoms with Gasteiger partial charge in [-0.2, -0.15) is 4.98 Å². The van der Waals surface area contributed by atoms with Gasteiger partial charge in [0.1, 0.15) is 22.8 Å². The smallest absolute Gasteiger partial charge is 0.346 e. The van der Waals surface area contributed by atoms with Crippen LogP contribution in [0.5, 0.6) is 11.8 Å². The maximum absolute atomic E-state index is 13.5. The molecular formula is C29H25ClN8O5. The molecule has 6 rings (SSSR count). The van der Waals surface area contributed by atoms with Crippen LogP contribution in [-0.4, -0.2) is 71.7 Å². The van der Waals surface area contributed by atoms with E-state index in [-0.39, 0.29) is 30.1 Å². The molecule has 0 fully saturated rings. The lowest BCUT2D eigenvalue weighted by atomic mass is 10.1. The summed E-state index contributed by atoms with van der Waals surface area (Å²) in [7, 11) is 1.54. The monoisotopic (exact) mass is 600 g/mol. The van der Waals surface area contributed by atoms with Crippen molar-refractivity contribution in [3.05, 3.63) is 88.8 Å². The molecule has 0 bridgehead atoms. The number of hydrogen-bond acceptors (Lipinski definition) is 10. The van der Waals surface area contributed by atoms with Crippen LogP contribution in [0.25, 0.3) is 22.3 Å². The number of aliphatic hydroxyl groups excluding tert-OH is 1. The van der Waals surface area contributed by atoms with Crippen molar-refractivity contribution < 1.29 is 24.3 Å². The third kappa shape index (κ3) is 5.43. The zero-order valence-corrected chi connectivity index (χ0v) is 23.8. The number of benzene rings is 2. The summed E-state index contributed by atoms with van der Waals surface area (Å²) in [5.41, 5.74) is 3.53. The lowest BCUT2D eigenvalue weighted by Gasteiger charge is -2.26. The highest BCUT2D eigenvalue weighted by Gasteiger charge is 2.36. The first-order valence-corrected chi connectivity index (χ1v) is 13.6. The number of pyridine rings is 1. The molecule has 0 spiro atoms. The van der Waals surface area contributed by atoms with Gasteiger partial charge in [-0.25, -0.2) is 4.98 Å². The second-order valence-corrected chi connectivity index (χ2v) is 10.1. The molecule has 14 heteroatoms. The van der Waals surface area contributed by atoms with Gasteiger partial charge in [-0.3, -0.25) is 14.6 Å². The zero-order valence-electron chi connectivity index (χ0n) is 23.0. The van der Waals surface area contributed by atoms with Gasteiger partial charge in [-0.05, 0) is 48.0 Å². The van der Waals surface area contributed by atoms with Crippen LogP contribution in [0.1, 0.15) is 34.6 Å². The van der Waals surface area contributed by atoms with E-state index in [4.69, 9.17) is 21.2 Å². The molecule has 0 saturated heterocycles. The largest absolute Gasteiger partial charge is 0.497 e. The lowest BCUT2D eigenvalue weighted by molar-refractivity contribution is -0.126. The van der Waals surface area contributed by atoms with Crippen molar-refractivity contribution in [3.63, 3.8) is 0 Å². The van der Waals surface area contributed by atoms with Crippen molar-refractivity contribution in [2.75, 3.05) is 13.7 Å². The molecule has 43 heavy (non-hydrogen) atoms. The van der Waals surface area contributed by atoms with E-state index in [0.717, 1.165) is 0 Å². The van der Waals surface area contributed by atoms with Crippen LogP contribution in [0.4, 0.5) is 0 Å². The SMILES string of the molecule is COc1cccc([C@@H](CO)NC(=O)[C@@H](C)N2Cc3ncc(-c4nc(On5nnc6ccccc65)ncc4Cl)cc3C2=O)c1. The summed E-state index contributed by atoms with van der Waals surface area (Å²) < 4.78 is 5.24. The average molecular weight is 601 g/mol. The first-order chi connectivity index (χ1) is 20.9. The minimum absolute atomic E-state index is 0.0386. The number of hydrogen-bond donors (Lipinski definition) is 2. The topological polar surface area (TPSA) is 157 Å². The van der Waals surface area contributed by atoms with Crippen LogP contribution in [0.3, 0.4) is 0 Å². The molecule has 3 aromatic heterocycles. The number of nitrogens with one attached hydrogen (secondary N) is 1. The molecule has 0 radical (unpaired) electrons. The van der Waals surface area contributed by atoms with Crippen molar-refractivity contribution in [3.8, 4) is 23.0 Å². The van der Waals surface area contributed by atoms with Crippen LogP contribution in [0.2, 0.25) is 5.02 Å². The Kier molecular flexibility index (Phi) is 7.57. The Hall–Kier alpha value is -5.14. The maximum atomic E-state index is 13.5. The molecule has 1 aliphatic rings. The van der Waals surface area contributed by atoms with Crippen molar-refractivity contribution >= 4 is 34.4 Å². The quantitative estimate of drug-likeness (QED) is 0.258. The summed E-state index contributed by atoms with van der Waals surface area (Å²) >= 11 is 6.43. The fourth-order valence-corrected chi connectivity index (χ4v) is 4.95. The van der Waals surface area contributed by atoms with Crippen molar-refractivity contribution in [1.82, 2.24) is 40.3 Å². The molecule has 218 valence electrons. The molecule has 0 unspecified atom stereocenters. The second kappa shape index (κ2) is 11.6. The van der Waals surface area contributed by atoms with E-state index in [0.29, 0.717) is 44.9 Å². The van der Waals surface area contributed by atoms with Crippen molar-refractivity contribution in [2.24, 2.45) is 0 Å². The number of aromatic nitrogens is 6. The maximum Gasteiger partial charge on any atom is 0.346 e. The Morgan fingerprint density at radius 1 is 1.14 bits per heavy atom. The van der Waals surface area contributed by atoms with Gasteiger partial charge in [0.15, 0.2) is 0 Å². The van der Waals surface area contributed by atoms with Crippen LogP contribution in [0, 0.1) is 0 Å². The summed E-state index contributed by atoms with van der Waals surface area (Å²) in [5.74, 6) is -0.200. The molecule has 13 nitrogen and oxygen atoms in total. The standard InChI is InChI=1S/C29H25ClN8O5/c1-16(27(40)33-24(15-39)17-6-5-7-19(10-17)42-2)37-14-23-20(28(37)41)11-18(12-31-23)26-21(30)13-32-29(34-26)43-38-25-9-4-3-8-22(25)35-36-38/h3-13,16,24,39H,14-15H2,1-2H3,(H,33,40)/t16-,24-/m1/s1. The zero-order chi connectivity index (χ0) is 30.1. The Morgan fingerprint density at radius 3 is 2.79 bits per heavy atom. The van der Waals surface area contributed by atoms with E-state index >= 15 is 0 Å². The Bertz CT molecular complexity index is 1850. The van der Waals surface area contributed by atoms with E-state index in [9.17, 15) is 14.7 Å². The van der Waals surface area contributed by atoms with Crippen LogP contribution < -0.4 is 14.9 Å². The molecule has 2 amide bonds. The van der Waals surface area contributed by atoms with E-state index in [2.05, 4.69) is 30.6 Å². The van der Waals surface area contributed by atoms with Gasteiger partial charge in [0, 0.05) is 11.8 Å². The van der Waals surface area contributed by atoms with E-state index in [1.807, 2.05) is 12.1 Å².